The maximum absolute atomic E-state index is 13.4. The van der Waals surface area contributed by atoms with Gasteiger partial charge in [-0.1, -0.05) is 6.92 Å². The molecule has 10 heteroatoms. The molecule has 0 aliphatic heterocycles. The van der Waals surface area contributed by atoms with Crippen LogP contribution in [0.1, 0.15) is 72.1 Å². The Morgan fingerprint density at radius 3 is 2.20 bits per heavy atom. The first-order chi connectivity index (χ1) is 13.6. The van der Waals surface area contributed by atoms with Crippen LogP contribution in [0.2, 0.25) is 0 Å². The van der Waals surface area contributed by atoms with Crippen molar-refractivity contribution in [2.75, 3.05) is 6.61 Å². The van der Waals surface area contributed by atoms with Crippen molar-refractivity contribution in [2.24, 2.45) is 22.7 Å². The number of alkyl halides is 2. The van der Waals surface area contributed by atoms with Gasteiger partial charge in [0.05, 0.1) is 12.0 Å². The smallest absolute Gasteiger partial charge is 0.344 e. The van der Waals surface area contributed by atoms with Gasteiger partial charge in [-0.2, -0.15) is 8.78 Å². The minimum Gasteiger partial charge on any atom is -0.743 e. The molecule has 0 heterocycles. The summed E-state index contributed by atoms with van der Waals surface area (Å²) in [6.07, 6.45) is 3.29. The Morgan fingerprint density at radius 2 is 1.70 bits per heavy atom. The molecule has 2 atom stereocenters. The van der Waals surface area contributed by atoms with Crippen molar-refractivity contribution >= 4 is 22.1 Å². The van der Waals surface area contributed by atoms with Gasteiger partial charge >= 0.3 is 17.2 Å². The quantitative estimate of drug-likeness (QED) is 0.411. The highest BCUT2D eigenvalue weighted by molar-refractivity contribution is 7.86. The number of esters is 2. The van der Waals surface area contributed by atoms with E-state index in [4.69, 9.17) is 9.47 Å². The van der Waals surface area contributed by atoms with Crippen LogP contribution >= 0.6 is 0 Å². The van der Waals surface area contributed by atoms with E-state index in [1.165, 1.54) is 0 Å². The van der Waals surface area contributed by atoms with Gasteiger partial charge in [0, 0.05) is 5.41 Å². The maximum Gasteiger partial charge on any atom is 0.344 e. The number of carbonyl (C=O) groups excluding carboxylic acids is 2. The molecule has 0 N–H and O–H groups in total. The first kappa shape index (κ1) is 23.4. The molecule has 7 nitrogen and oxygen atoms in total. The van der Waals surface area contributed by atoms with E-state index >= 15 is 0 Å². The molecule has 0 saturated heterocycles. The lowest BCUT2D eigenvalue weighted by molar-refractivity contribution is -0.217. The Labute approximate surface area is 175 Å². The zero-order chi connectivity index (χ0) is 22.6. The Balaban J connectivity index is 1.69. The second-order valence-corrected chi connectivity index (χ2v) is 11.7. The maximum atomic E-state index is 13.4. The van der Waals surface area contributed by atoms with Gasteiger partial charge in [0.2, 0.25) is 0 Å². The van der Waals surface area contributed by atoms with Gasteiger partial charge in [-0.25, -0.2) is 8.42 Å². The highest BCUT2D eigenvalue weighted by Crippen LogP contribution is 2.63. The number of ether oxygens (including phenoxy) is 2. The van der Waals surface area contributed by atoms with Gasteiger partial charge in [0.15, 0.2) is 10.1 Å². The third-order valence-corrected chi connectivity index (χ3v) is 8.01. The molecule has 4 fully saturated rings. The first-order valence-corrected chi connectivity index (χ1v) is 11.7. The van der Waals surface area contributed by atoms with E-state index in [2.05, 4.69) is 0 Å². The van der Waals surface area contributed by atoms with Crippen LogP contribution in [0.5, 0.6) is 0 Å². The third-order valence-electron chi connectivity index (χ3n) is 7.13. The fourth-order valence-electron chi connectivity index (χ4n) is 5.67. The van der Waals surface area contributed by atoms with Crippen molar-refractivity contribution in [3.8, 4) is 0 Å². The average molecular weight is 452 g/mol. The van der Waals surface area contributed by atoms with E-state index in [1.54, 1.807) is 0 Å². The minimum atomic E-state index is -5.94. The molecule has 2 unspecified atom stereocenters. The summed E-state index contributed by atoms with van der Waals surface area (Å²) in [5, 5.41) is -4.70. The van der Waals surface area contributed by atoms with E-state index in [-0.39, 0.29) is 12.6 Å². The predicted molar refractivity (Wildman–Crippen MR) is 100 cm³/mol. The van der Waals surface area contributed by atoms with Crippen LogP contribution in [0.3, 0.4) is 0 Å². The molecule has 4 saturated carbocycles. The zero-order valence-corrected chi connectivity index (χ0v) is 18.4. The number of halogens is 2. The standard InChI is InChI=1S/C20H30F2O7S/c1-4-17(2,3)16(24)29-19-8-13-5-14(9-19)7-18(6-13,11-19)12-28-15(23)10-20(21,22)30(25,26)27/h13-14H,4-12H2,1-3H3,(H,25,26,27)/p-1. The van der Waals surface area contributed by atoms with Crippen molar-refractivity contribution in [2.45, 2.75) is 83.0 Å². The highest BCUT2D eigenvalue weighted by Gasteiger charge is 2.60. The molecule has 4 aliphatic carbocycles. The second-order valence-electron chi connectivity index (χ2n) is 10.2. The summed E-state index contributed by atoms with van der Waals surface area (Å²) in [5.41, 5.74) is -1.73. The summed E-state index contributed by atoms with van der Waals surface area (Å²) < 4.78 is 69.6. The van der Waals surface area contributed by atoms with Crippen molar-refractivity contribution in [1.29, 1.82) is 0 Å². The molecule has 0 aromatic carbocycles. The fourth-order valence-corrected chi connectivity index (χ4v) is 5.97. The fraction of sp³-hybridized carbons (Fsp3) is 0.900. The normalized spacial score (nSPS) is 33.4. The summed E-state index contributed by atoms with van der Waals surface area (Å²) in [6.45, 7) is 5.43. The molecular formula is C20H29F2O7S-. The van der Waals surface area contributed by atoms with Gasteiger partial charge in [-0.15, -0.1) is 0 Å². The van der Waals surface area contributed by atoms with Crippen LogP contribution in [0.4, 0.5) is 8.78 Å². The largest absolute Gasteiger partial charge is 0.743 e. The molecule has 0 spiro atoms. The van der Waals surface area contributed by atoms with Gasteiger partial charge in [0.25, 0.3) is 0 Å². The minimum absolute atomic E-state index is 0.149. The van der Waals surface area contributed by atoms with Crippen LogP contribution < -0.4 is 0 Å². The van der Waals surface area contributed by atoms with Crippen LogP contribution in [0.15, 0.2) is 0 Å². The van der Waals surface area contributed by atoms with E-state index in [0.717, 1.165) is 32.1 Å². The van der Waals surface area contributed by atoms with Crippen LogP contribution in [-0.4, -0.2) is 42.4 Å². The molecule has 0 radical (unpaired) electrons. The van der Waals surface area contributed by atoms with Crippen molar-refractivity contribution in [1.82, 2.24) is 0 Å². The molecular weight excluding hydrogens is 422 g/mol. The molecule has 4 bridgehead atoms. The second kappa shape index (κ2) is 7.39. The number of rotatable bonds is 8. The van der Waals surface area contributed by atoms with Crippen molar-refractivity contribution in [3.05, 3.63) is 0 Å². The van der Waals surface area contributed by atoms with Crippen molar-refractivity contribution in [3.63, 3.8) is 0 Å². The lowest BCUT2D eigenvalue weighted by atomic mass is 9.48. The topological polar surface area (TPSA) is 110 Å². The highest BCUT2D eigenvalue weighted by atomic mass is 32.2. The summed E-state index contributed by atoms with van der Waals surface area (Å²) >= 11 is 0. The Kier molecular flexibility index (Phi) is 5.76. The third kappa shape index (κ3) is 4.49. The van der Waals surface area contributed by atoms with Crippen LogP contribution in [0, 0.1) is 22.7 Å². The lowest BCUT2D eigenvalue weighted by Gasteiger charge is -2.61. The predicted octanol–water partition coefficient (Wildman–Crippen LogP) is 3.38. The van der Waals surface area contributed by atoms with Crippen LogP contribution in [-0.2, 0) is 29.2 Å². The monoisotopic (exact) mass is 451 g/mol. The van der Waals surface area contributed by atoms with E-state index in [1.807, 2.05) is 20.8 Å². The first-order valence-electron chi connectivity index (χ1n) is 10.3. The van der Waals surface area contributed by atoms with E-state index in [9.17, 15) is 31.3 Å². The molecule has 172 valence electrons. The summed E-state index contributed by atoms with van der Waals surface area (Å²) in [4.78, 5) is 24.6. The summed E-state index contributed by atoms with van der Waals surface area (Å²) in [7, 11) is -5.94. The molecule has 0 aromatic rings. The Hall–Kier alpha value is -1.29. The average Bonchev–Trinajstić information content (AvgIpc) is 2.57. The zero-order valence-electron chi connectivity index (χ0n) is 17.5. The van der Waals surface area contributed by atoms with Crippen molar-refractivity contribution < 1.29 is 40.8 Å². The lowest BCUT2D eigenvalue weighted by Crippen LogP contribution is -2.59. The van der Waals surface area contributed by atoms with Crippen LogP contribution in [0.25, 0.3) is 0 Å². The van der Waals surface area contributed by atoms with Gasteiger partial charge in [0.1, 0.15) is 12.0 Å². The number of hydrogen-bond donors (Lipinski definition) is 0. The molecule has 4 rings (SSSR count). The molecule has 4 aliphatic rings. The summed E-state index contributed by atoms with van der Waals surface area (Å²) in [6, 6.07) is 0. The van der Waals surface area contributed by atoms with Gasteiger partial charge in [-0.05, 0) is 70.6 Å². The SMILES string of the molecule is CCC(C)(C)C(=O)OC12CC3CC(CC(COC(=O)CC(F)(F)S(=O)(=O)[O-])(C3)C1)C2. The summed E-state index contributed by atoms with van der Waals surface area (Å²) in [5.74, 6) is -1.09. The van der Waals surface area contributed by atoms with E-state index in [0.29, 0.717) is 24.7 Å². The molecule has 0 amide bonds. The molecule has 30 heavy (non-hydrogen) atoms. The number of carbonyl (C=O) groups is 2. The van der Waals surface area contributed by atoms with Gasteiger partial charge in [-0.3, -0.25) is 9.59 Å². The number of hydrogen-bond acceptors (Lipinski definition) is 7. The Bertz CT molecular complexity index is 807. The Morgan fingerprint density at radius 1 is 1.13 bits per heavy atom. The van der Waals surface area contributed by atoms with E-state index < -0.39 is 44.2 Å². The van der Waals surface area contributed by atoms with Gasteiger partial charge < -0.3 is 14.0 Å². The molecule has 0 aromatic heterocycles.